The molecule has 0 bridgehead atoms. The molecule has 1 aliphatic rings. The van der Waals surface area contributed by atoms with Gasteiger partial charge in [-0.3, -0.25) is 9.78 Å². The Kier molecular flexibility index (Phi) is 5.15. The van der Waals surface area contributed by atoms with Gasteiger partial charge in [0.2, 0.25) is 15.9 Å². The molecule has 3 rings (SSSR count). The fraction of sp³-hybridized carbons (Fsp3) is 0.333. The van der Waals surface area contributed by atoms with Crippen molar-refractivity contribution in [3.8, 4) is 0 Å². The highest BCUT2D eigenvalue weighted by molar-refractivity contribution is 7.89. The number of aromatic nitrogens is 1. The molecule has 0 saturated carbocycles. The number of benzene rings is 1. The Morgan fingerprint density at radius 1 is 1.32 bits per heavy atom. The van der Waals surface area contributed by atoms with Crippen molar-refractivity contribution in [2.75, 3.05) is 18.0 Å². The Morgan fingerprint density at radius 2 is 2.16 bits per heavy atom. The number of pyridine rings is 1. The van der Waals surface area contributed by atoms with Crippen molar-refractivity contribution in [3.63, 3.8) is 0 Å². The first kappa shape index (κ1) is 17.6. The summed E-state index contributed by atoms with van der Waals surface area (Å²) in [7, 11) is -3.54. The number of nitrogens with zero attached hydrogens (tertiary/aromatic N) is 2. The molecule has 1 aromatic heterocycles. The van der Waals surface area contributed by atoms with E-state index in [1.165, 1.54) is 6.92 Å². The number of sulfonamides is 1. The summed E-state index contributed by atoms with van der Waals surface area (Å²) in [5, 5.41) is 0. The zero-order valence-electron chi connectivity index (χ0n) is 14.1. The molecular weight excluding hydrogens is 338 g/mol. The van der Waals surface area contributed by atoms with Gasteiger partial charge in [0.1, 0.15) is 0 Å². The SMILES string of the molecule is CC(=O)N1CCc2cc(S(=O)(=O)NCCCc3cccnc3)ccc21. The first-order valence-electron chi connectivity index (χ1n) is 8.27. The fourth-order valence-corrected chi connectivity index (χ4v) is 4.13. The molecular formula is C18H21N3O3S. The van der Waals surface area contributed by atoms with Crippen molar-refractivity contribution < 1.29 is 13.2 Å². The maximum Gasteiger partial charge on any atom is 0.240 e. The minimum atomic E-state index is -3.54. The van der Waals surface area contributed by atoms with E-state index in [2.05, 4.69) is 9.71 Å². The van der Waals surface area contributed by atoms with E-state index in [0.29, 0.717) is 25.9 Å². The predicted octanol–water partition coefficient (Wildman–Crippen LogP) is 1.90. The van der Waals surface area contributed by atoms with Gasteiger partial charge in [-0.1, -0.05) is 6.07 Å². The third-order valence-electron chi connectivity index (χ3n) is 4.29. The van der Waals surface area contributed by atoms with Gasteiger partial charge in [0, 0.05) is 38.1 Å². The van der Waals surface area contributed by atoms with Crippen LogP contribution in [0.25, 0.3) is 0 Å². The number of rotatable bonds is 6. The van der Waals surface area contributed by atoms with Gasteiger partial charge in [0.25, 0.3) is 0 Å². The number of carbonyl (C=O) groups is 1. The molecule has 7 heteroatoms. The lowest BCUT2D eigenvalue weighted by Crippen LogP contribution is -2.26. The topological polar surface area (TPSA) is 79.4 Å². The number of hydrogen-bond acceptors (Lipinski definition) is 4. The van der Waals surface area contributed by atoms with Gasteiger partial charge in [-0.2, -0.15) is 0 Å². The first-order valence-corrected chi connectivity index (χ1v) is 9.75. The molecule has 2 aromatic rings. The fourth-order valence-electron chi connectivity index (χ4n) is 3.00. The van der Waals surface area contributed by atoms with E-state index < -0.39 is 10.0 Å². The van der Waals surface area contributed by atoms with Gasteiger partial charge in [-0.05, 0) is 54.7 Å². The molecule has 1 N–H and O–H groups in total. The number of hydrogen-bond donors (Lipinski definition) is 1. The minimum Gasteiger partial charge on any atom is -0.312 e. The second-order valence-corrected chi connectivity index (χ2v) is 7.84. The van der Waals surface area contributed by atoms with Crippen LogP contribution in [0.5, 0.6) is 0 Å². The number of aryl methyl sites for hydroxylation is 1. The van der Waals surface area contributed by atoms with Crippen LogP contribution < -0.4 is 9.62 Å². The van der Waals surface area contributed by atoms with Crippen molar-refractivity contribution >= 4 is 21.6 Å². The summed E-state index contributed by atoms with van der Waals surface area (Å²) in [5.74, 6) is -0.0251. The Balaban J connectivity index is 1.62. The van der Waals surface area contributed by atoms with Crippen molar-refractivity contribution in [2.24, 2.45) is 0 Å². The molecule has 0 radical (unpaired) electrons. The smallest absolute Gasteiger partial charge is 0.240 e. The zero-order chi connectivity index (χ0) is 17.9. The highest BCUT2D eigenvalue weighted by atomic mass is 32.2. The second-order valence-electron chi connectivity index (χ2n) is 6.07. The molecule has 0 aliphatic carbocycles. The Labute approximate surface area is 147 Å². The van der Waals surface area contributed by atoms with E-state index in [1.54, 1.807) is 35.5 Å². The molecule has 0 spiro atoms. The number of fused-ring (bicyclic) bond motifs is 1. The van der Waals surface area contributed by atoms with E-state index in [1.807, 2.05) is 12.1 Å². The zero-order valence-corrected chi connectivity index (χ0v) is 14.9. The molecule has 6 nitrogen and oxygen atoms in total. The van der Waals surface area contributed by atoms with Crippen LogP contribution in [-0.4, -0.2) is 32.4 Å². The van der Waals surface area contributed by atoms with Crippen molar-refractivity contribution in [2.45, 2.75) is 31.1 Å². The highest BCUT2D eigenvalue weighted by Gasteiger charge is 2.24. The summed E-state index contributed by atoms with van der Waals surface area (Å²) in [6.45, 7) is 2.49. The van der Waals surface area contributed by atoms with Gasteiger partial charge in [-0.25, -0.2) is 13.1 Å². The van der Waals surface area contributed by atoms with E-state index in [9.17, 15) is 13.2 Å². The van der Waals surface area contributed by atoms with Gasteiger partial charge >= 0.3 is 0 Å². The molecule has 1 amide bonds. The molecule has 0 fully saturated rings. The number of anilines is 1. The second kappa shape index (κ2) is 7.33. The largest absolute Gasteiger partial charge is 0.312 e. The summed E-state index contributed by atoms with van der Waals surface area (Å²) in [6, 6.07) is 8.79. The van der Waals surface area contributed by atoms with E-state index in [4.69, 9.17) is 0 Å². The van der Waals surface area contributed by atoms with Crippen LogP contribution in [0, 0.1) is 0 Å². The molecule has 0 atom stereocenters. The lowest BCUT2D eigenvalue weighted by atomic mass is 10.2. The van der Waals surface area contributed by atoms with Crippen LogP contribution in [0.2, 0.25) is 0 Å². The molecule has 0 unspecified atom stereocenters. The van der Waals surface area contributed by atoms with Gasteiger partial charge in [-0.15, -0.1) is 0 Å². The molecule has 1 aromatic carbocycles. The quantitative estimate of drug-likeness (QED) is 0.799. The maximum atomic E-state index is 12.5. The highest BCUT2D eigenvalue weighted by Crippen LogP contribution is 2.30. The van der Waals surface area contributed by atoms with Crippen LogP contribution >= 0.6 is 0 Å². The number of nitrogens with one attached hydrogen (secondary N) is 1. The molecule has 0 saturated heterocycles. The van der Waals surface area contributed by atoms with Crippen LogP contribution in [0.3, 0.4) is 0 Å². The minimum absolute atomic E-state index is 0.0251. The van der Waals surface area contributed by atoms with Crippen molar-refractivity contribution in [3.05, 3.63) is 53.9 Å². The lowest BCUT2D eigenvalue weighted by molar-refractivity contribution is -0.116. The van der Waals surface area contributed by atoms with E-state index in [-0.39, 0.29) is 10.8 Å². The third-order valence-corrected chi connectivity index (χ3v) is 5.75. The van der Waals surface area contributed by atoms with Crippen molar-refractivity contribution in [1.29, 1.82) is 0 Å². The molecule has 25 heavy (non-hydrogen) atoms. The Morgan fingerprint density at radius 3 is 2.88 bits per heavy atom. The van der Waals surface area contributed by atoms with Gasteiger partial charge in [0.15, 0.2) is 0 Å². The molecule has 132 valence electrons. The number of amides is 1. The summed E-state index contributed by atoms with van der Waals surface area (Å²) in [4.78, 5) is 17.5. The summed E-state index contributed by atoms with van der Waals surface area (Å²) in [5.41, 5.74) is 2.79. The van der Waals surface area contributed by atoms with Crippen LogP contribution in [0.4, 0.5) is 5.69 Å². The molecule has 1 aliphatic heterocycles. The van der Waals surface area contributed by atoms with Crippen LogP contribution in [0.1, 0.15) is 24.5 Å². The predicted molar refractivity (Wildman–Crippen MR) is 95.9 cm³/mol. The number of carbonyl (C=O) groups excluding carboxylic acids is 1. The average molecular weight is 359 g/mol. The standard InChI is InChI=1S/C18H21N3O3S/c1-14(22)21-11-8-16-12-17(6-7-18(16)21)25(23,24)20-10-3-5-15-4-2-9-19-13-15/h2,4,6-7,9,12-13,20H,3,5,8,10-11H2,1H3. The van der Waals surface area contributed by atoms with Gasteiger partial charge in [0.05, 0.1) is 4.90 Å². The van der Waals surface area contributed by atoms with Crippen LogP contribution in [0.15, 0.2) is 47.6 Å². The maximum absolute atomic E-state index is 12.5. The van der Waals surface area contributed by atoms with Gasteiger partial charge < -0.3 is 4.90 Å². The normalized spacial score (nSPS) is 13.7. The molecule has 2 heterocycles. The Bertz CT molecular complexity index is 866. The summed E-state index contributed by atoms with van der Waals surface area (Å²) < 4.78 is 27.6. The van der Waals surface area contributed by atoms with E-state index >= 15 is 0 Å². The van der Waals surface area contributed by atoms with E-state index in [0.717, 1.165) is 23.2 Å². The average Bonchev–Trinajstić information content (AvgIpc) is 3.03. The van der Waals surface area contributed by atoms with Crippen LogP contribution in [-0.2, 0) is 27.7 Å². The Hall–Kier alpha value is -2.25. The first-order chi connectivity index (χ1) is 12.0. The summed E-state index contributed by atoms with van der Waals surface area (Å²) >= 11 is 0. The lowest BCUT2D eigenvalue weighted by Gasteiger charge is -2.15. The monoisotopic (exact) mass is 359 g/mol. The third kappa shape index (κ3) is 4.05. The van der Waals surface area contributed by atoms with Crippen molar-refractivity contribution in [1.82, 2.24) is 9.71 Å². The summed E-state index contributed by atoms with van der Waals surface area (Å²) in [6.07, 6.45) is 5.66.